The minimum atomic E-state index is 0.565. The van der Waals surface area contributed by atoms with E-state index in [9.17, 15) is 0 Å². The van der Waals surface area contributed by atoms with Crippen molar-refractivity contribution in [2.24, 2.45) is 10.7 Å². The molecule has 0 saturated carbocycles. The molecule has 2 rings (SSSR count). The summed E-state index contributed by atoms with van der Waals surface area (Å²) in [5.74, 6) is 1.51. The summed E-state index contributed by atoms with van der Waals surface area (Å²) in [5.41, 5.74) is 7.18. The predicted octanol–water partition coefficient (Wildman–Crippen LogP) is 2.01. The van der Waals surface area contributed by atoms with Gasteiger partial charge in [0.2, 0.25) is 0 Å². The minimum Gasteiger partial charge on any atom is -0.491 e. The van der Waals surface area contributed by atoms with Crippen LogP contribution in [0.1, 0.15) is 24.8 Å². The standard InChI is InChI=1S/C16H25N3O2/c1-20-11-12-21-15-7-5-14(6-8-15)13-18-16(17)19-9-3-2-4-10-19/h5-8H,2-4,9-13H2,1H3,(H2,17,18). The van der Waals surface area contributed by atoms with Gasteiger partial charge in [0.05, 0.1) is 13.2 Å². The number of rotatable bonds is 6. The molecule has 0 atom stereocenters. The number of aliphatic imine (C=N–C) groups is 1. The monoisotopic (exact) mass is 291 g/mol. The van der Waals surface area contributed by atoms with Crippen LogP contribution in [0, 0.1) is 0 Å². The maximum absolute atomic E-state index is 6.04. The van der Waals surface area contributed by atoms with Gasteiger partial charge >= 0.3 is 0 Å². The molecule has 0 unspecified atom stereocenters. The zero-order valence-electron chi connectivity index (χ0n) is 12.8. The Kier molecular flexibility index (Phi) is 6.34. The lowest BCUT2D eigenvalue weighted by atomic mass is 10.1. The summed E-state index contributed by atoms with van der Waals surface area (Å²) in [6.07, 6.45) is 3.72. The lowest BCUT2D eigenvalue weighted by Crippen LogP contribution is -2.40. The fourth-order valence-corrected chi connectivity index (χ4v) is 2.33. The number of guanidine groups is 1. The Hall–Kier alpha value is -1.75. The molecule has 21 heavy (non-hydrogen) atoms. The van der Waals surface area contributed by atoms with Crippen molar-refractivity contribution in [1.82, 2.24) is 4.90 Å². The summed E-state index contributed by atoms with van der Waals surface area (Å²) >= 11 is 0. The first-order valence-electron chi connectivity index (χ1n) is 7.55. The first kappa shape index (κ1) is 15.6. The highest BCUT2D eigenvalue weighted by molar-refractivity contribution is 5.78. The van der Waals surface area contributed by atoms with Gasteiger partial charge in [0.15, 0.2) is 5.96 Å². The van der Waals surface area contributed by atoms with Crippen molar-refractivity contribution in [2.75, 3.05) is 33.4 Å². The van der Waals surface area contributed by atoms with Gasteiger partial charge in [-0.2, -0.15) is 0 Å². The van der Waals surface area contributed by atoms with E-state index < -0.39 is 0 Å². The van der Waals surface area contributed by atoms with E-state index in [0.29, 0.717) is 25.7 Å². The quantitative estimate of drug-likeness (QED) is 0.495. The molecule has 0 radical (unpaired) electrons. The molecule has 1 aliphatic rings. The van der Waals surface area contributed by atoms with Gasteiger partial charge in [0.25, 0.3) is 0 Å². The average molecular weight is 291 g/mol. The largest absolute Gasteiger partial charge is 0.491 e. The Balaban J connectivity index is 1.82. The van der Waals surface area contributed by atoms with E-state index in [1.165, 1.54) is 19.3 Å². The smallest absolute Gasteiger partial charge is 0.191 e. The van der Waals surface area contributed by atoms with Gasteiger partial charge in [-0.25, -0.2) is 4.99 Å². The van der Waals surface area contributed by atoms with Crippen LogP contribution in [-0.2, 0) is 11.3 Å². The molecule has 5 nitrogen and oxygen atoms in total. The summed E-state index contributed by atoms with van der Waals surface area (Å²) in [4.78, 5) is 6.66. The van der Waals surface area contributed by atoms with Crippen LogP contribution in [0.5, 0.6) is 5.75 Å². The zero-order chi connectivity index (χ0) is 14.9. The fraction of sp³-hybridized carbons (Fsp3) is 0.562. The van der Waals surface area contributed by atoms with E-state index in [-0.39, 0.29) is 0 Å². The summed E-state index contributed by atoms with van der Waals surface area (Å²) in [5, 5.41) is 0. The van der Waals surface area contributed by atoms with Crippen LogP contribution in [0.15, 0.2) is 29.3 Å². The second-order valence-corrected chi connectivity index (χ2v) is 5.21. The van der Waals surface area contributed by atoms with E-state index in [1.54, 1.807) is 7.11 Å². The predicted molar refractivity (Wildman–Crippen MR) is 84.6 cm³/mol. The van der Waals surface area contributed by atoms with Crippen LogP contribution in [0.25, 0.3) is 0 Å². The number of nitrogens with zero attached hydrogens (tertiary/aromatic N) is 2. The Morgan fingerprint density at radius 1 is 1.14 bits per heavy atom. The molecule has 1 fully saturated rings. The van der Waals surface area contributed by atoms with Gasteiger partial charge < -0.3 is 20.1 Å². The fourth-order valence-electron chi connectivity index (χ4n) is 2.33. The summed E-state index contributed by atoms with van der Waals surface area (Å²) in [7, 11) is 1.66. The molecule has 1 aromatic carbocycles. The van der Waals surface area contributed by atoms with Gasteiger partial charge in [0, 0.05) is 20.2 Å². The van der Waals surface area contributed by atoms with Crippen molar-refractivity contribution < 1.29 is 9.47 Å². The maximum atomic E-state index is 6.04. The molecule has 0 bridgehead atoms. The first-order chi connectivity index (χ1) is 10.3. The molecule has 116 valence electrons. The summed E-state index contributed by atoms with van der Waals surface area (Å²) < 4.78 is 10.5. The highest BCUT2D eigenvalue weighted by Crippen LogP contribution is 2.13. The third-order valence-electron chi connectivity index (χ3n) is 3.58. The summed E-state index contributed by atoms with van der Waals surface area (Å²) in [6, 6.07) is 7.96. The van der Waals surface area contributed by atoms with Crippen molar-refractivity contribution in [2.45, 2.75) is 25.8 Å². The van der Waals surface area contributed by atoms with E-state index in [0.717, 1.165) is 24.4 Å². The van der Waals surface area contributed by atoms with E-state index in [4.69, 9.17) is 15.2 Å². The number of methoxy groups -OCH3 is 1. The molecular weight excluding hydrogens is 266 g/mol. The number of piperidine rings is 1. The SMILES string of the molecule is COCCOc1ccc(CN=C(N)N2CCCCC2)cc1. The van der Waals surface area contributed by atoms with E-state index in [1.807, 2.05) is 24.3 Å². The number of nitrogens with two attached hydrogens (primary N) is 1. The normalized spacial score (nSPS) is 16.0. The molecule has 0 amide bonds. The Labute approximate surface area is 126 Å². The Morgan fingerprint density at radius 3 is 2.52 bits per heavy atom. The second kappa shape index (κ2) is 8.52. The lowest BCUT2D eigenvalue weighted by Gasteiger charge is -2.27. The van der Waals surface area contributed by atoms with Crippen LogP contribution < -0.4 is 10.5 Å². The van der Waals surface area contributed by atoms with Crippen molar-refractivity contribution in [3.63, 3.8) is 0 Å². The highest BCUT2D eigenvalue weighted by atomic mass is 16.5. The van der Waals surface area contributed by atoms with Crippen LogP contribution >= 0.6 is 0 Å². The van der Waals surface area contributed by atoms with Gasteiger partial charge in [0.1, 0.15) is 12.4 Å². The number of hydrogen-bond donors (Lipinski definition) is 1. The highest BCUT2D eigenvalue weighted by Gasteiger charge is 2.11. The third kappa shape index (κ3) is 5.27. The van der Waals surface area contributed by atoms with Crippen molar-refractivity contribution in [3.8, 4) is 5.75 Å². The second-order valence-electron chi connectivity index (χ2n) is 5.21. The van der Waals surface area contributed by atoms with Crippen LogP contribution in [0.4, 0.5) is 0 Å². The van der Waals surface area contributed by atoms with E-state index >= 15 is 0 Å². The molecular formula is C16H25N3O2. The third-order valence-corrected chi connectivity index (χ3v) is 3.58. The molecule has 1 heterocycles. The number of likely N-dealkylation sites (tertiary alicyclic amines) is 1. The van der Waals surface area contributed by atoms with Crippen LogP contribution in [-0.4, -0.2) is 44.3 Å². The van der Waals surface area contributed by atoms with Crippen molar-refractivity contribution in [3.05, 3.63) is 29.8 Å². The van der Waals surface area contributed by atoms with Crippen LogP contribution in [0.3, 0.4) is 0 Å². The molecule has 1 saturated heterocycles. The van der Waals surface area contributed by atoms with Crippen molar-refractivity contribution in [1.29, 1.82) is 0 Å². The maximum Gasteiger partial charge on any atom is 0.191 e. The average Bonchev–Trinajstić information content (AvgIpc) is 2.55. The molecule has 0 aromatic heterocycles. The molecule has 1 aromatic rings. The first-order valence-corrected chi connectivity index (χ1v) is 7.55. The lowest BCUT2D eigenvalue weighted by molar-refractivity contribution is 0.146. The molecule has 5 heteroatoms. The molecule has 0 aliphatic carbocycles. The number of hydrogen-bond acceptors (Lipinski definition) is 3. The Morgan fingerprint density at radius 2 is 1.86 bits per heavy atom. The van der Waals surface area contributed by atoms with Crippen LogP contribution in [0.2, 0.25) is 0 Å². The summed E-state index contributed by atoms with van der Waals surface area (Å²) in [6.45, 7) is 3.83. The van der Waals surface area contributed by atoms with Gasteiger partial charge in [-0.3, -0.25) is 0 Å². The molecule has 2 N–H and O–H groups in total. The van der Waals surface area contributed by atoms with Crippen molar-refractivity contribution >= 4 is 5.96 Å². The molecule has 0 spiro atoms. The number of ether oxygens (including phenoxy) is 2. The number of benzene rings is 1. The zero-order valence-corrected chi connectivity index (χ0v) is 12.8. The van der Waals surface area contributed by atoms with Gasteiger partial charge in [-0.05, 0) is 37.0 Å². The Bertz CT molecular complexity index is 439. The topological polar surface area (TPSA) is 60.1 Å². The minimum absolute atomic E-state index is 0.565. The van der Waals surface area contributed by atoms with Gasteiger partial charge in [-0.15, -0.1) is 0 Å². The molecule has 1 aliphatic heterocycles. The van der Waals surface area contributed by atoms with Gasteiger partial charge in [-0.1, -0.05) is 12.1 Å². The van der Waals surface area contributed by atoms with E-state index in [2.05, 4.69) is 9.89 Å².